The van der Waals surface area contributed by atoms with E-state index in [1.54, 1.807) is 12.4 Å². The minimum Gasteiger partial charge on any atom is -0.316 e. The van der Waals surface area contributed by atoms with E-state index in [-0.39, 0.29) is 6.04 Å². The lowest BCUT2D eigenvalue weighted by molar-refractivity contribution is 0.800. The molecule has 0 aliphatic rings. The van der Waals surface area contributed by atoms with Crippen molar-refractivity contribution in [3.8, 4) is 6.07 Å². The van der Waals surface area contributed by atoms with Crippen LogP contribution in [0.3, 0.4) is 0 Å². The van der Waals surface area contributed by atoms with E-state index in [9.17, 15) is 0 Å². The Labute approximate surface area is 87.6 Å². The summed E-state index contributed by atoms with van der Waals surface area (Å²) in [6.07, 6.45) is 4.22. The van der Waals surface area contributed by atoms with Crippen LogP contribution in [-0.4, -0.2) is 21.8 Å². The van der Waals surface area contributed by atoms with Gasteiger partial charge in [0.25, 0.3) is 0 Å². The highest BCUT2D eigenvalue weighted by molar-refractivity contribution is 7.99. The Balaban J connectivity index is 2.32. The van der Waals surface area contributed by atoms with Gasteiger partial charge in [0, 0.05) is 18.1 Å². The van der Waals surface area contributed by atoms with Crippen molar-refractivity contribution in [2.45, 2.75) is 24.5 Å². The van der Waals surface area contributed by atoms with Crippen molar-refractivity contribution in [1.29, 1.82) is 5.26 Å². The van der Waals surface area contributed by atoms with Gasteiger partial charge < -0.3 is 5.73 Å². The number of nitrogens with two attached hydrogens (primary N) is 1. The maximum absolute atomic E-state index is 8.45. The number of aryl methyl sites for hydroxylation is 1. The number of rotatable bonds is 4. The van der Waals surface area contributed by atoms with Crippen LogP contribution in [0.2, 0.25) is 0 Å². The van der Waals surface area contributed by atoms with Crippen LogP contribution in [0.25, 0.3) is 0 Å². The minimum atomic E-state index is -0.382. The summed E-state index contributed by atoms with van der Waals surface area (Å²) in [6.45, 7) is 1.94. The molecule has 2 N–H and O–H groups in total. The van der Waals surface area contributed by atoms with E-state index in [0.717, 1.165) is 16.5 Å². The first-order valence-corrected chi connectivity index (χ1v) is 5.27. The average molecular weight is 208 g/mol. The summed E-state index contributed by atoms with van der Waals surface area (Å²) < 4.78 is 0. The molecule has 1 unspecified atom stereocenters. The van der Waals surface area contributed by atoms with E-state index < -0.39 is 0 Å². The van der Waals surface area contributed by atoms with Crippen molar-refractivity contribution in [1.82, 2.24) is 9.97 Å². The average Bonchev–Trinajstić information content (AvgIpc) is 2.21. The summed E-state index contributed by atoms with van der Waals surface area (Å²) in [7, 11) is 0. The predicted molar refractivity (Wildman–Crippen MR) is 55.7 cm³/mol. The lowest BCUT2D eigenvalue weighted by Gasteiger charge is -2.01. The second kappa shape index (κ2) is 5.58. The maximum atomic E-state index is 8.45. The minimum absolute atomic E-state index is 0.382. The van der Waals surface area contributed by atoms with Gasteiger partial charge in [0.15, 0.2) is 5.16 Å². The molecule has 0 amide bonds. The Hall–Kier alpha value is -1.12. The van der Waals surface area contributed by atoms with Gasteiger partial charge in [-0.25, -0.2) is 9.97 Å². The van der Waals surface area contributed by atoms with Gasteiger partial charge in [-0.3, -0.25) is 0 Å². The Morgan fingerprint density at radius 3 is 2.79 bits per heavy atom. The van der Waals surface area contributed by atoms with Crippen LogP contribution >= 0.6 is 11.8 Å². The van der Waals surface area contributed by atoms with Crippen LogP contribution in [0.15, 0.2) is 17.6 Å². The van der Waals surface area contributed by atoms with E-state index in [1.807, 2.05) is 13.0 Å². The zero-order valence-corrected chi connectivity index (χ0v) is 8.79. The summed E-state index contributed by atoms with van der Waals surface area (Å²) in [6, 6.07) is 1.60. The standard InChI is InChI=1S/C9H12N4S/c1-7-5-12-9(13-6-7)14-3-2-8(11)4-10/h5-6,8H,2-3,11H2,1H3. The van der Waals surface area contributed by atoms with Crippen LogP contribution in [0.1, 0.15) is 12.0 Å². The normalized spacial score (nSPS) is 12.1. The third-order valence-electron chi connectivity index (χ3n) is 1.58. The van der Waals surface area contributed by atoms with E-state index >= 15 is 0 Å². The molecule has 1 aromatic heterocycles. The highest BCUT2D eigenvalue weighted by Crippen LogP contribution is 2.13. The molecule has 5 heteroatoms. The van der Waals surface area contributed by atoms with Gasteiger partial charge in [0.2, 0.25) is 0 Å². The molecule has 0 aliphatic heterocycles. The highest BCUT2D eigenvalue weighted by Gasteiger charge is 2.01. The van der Waals surface area contributed by atoms with Gasteiger partial charge in [-0.15, -0.1) is 0 Å². The molecule has 0 bridgehead atoms. The Kier molecular flexibility index (Phi) is 4.36. The predicted octanol–water partition coefficient (Wildman–Crippen LogP) is 1.12. The van der Waals surface area contributed by atoms with Crippen molar-refractivity contribution >= 4 is 11.8 Å². The van der Waals surface area contributed by atoms with Crippen molar-refractivity contribution in [3.05, 3.63) is 18.0 Å². The van der Waals surface area contributed by atoms with Gasteiger partial charge >= 0.3 is 0 Å². The molecule has 1 atom stereocenters. The van der Waals surface area contributed by atoms with Crippen molar-refractivity contribution in [2.75, 3.05) is 5.75 Å². The number of hydrogen-bond acceptors (Lipinski definition) is 5. The van der Waals surface area contributed by atoms with E-state index in [1.165, 1.54) is 11.8 Å². The summed E-state index contributed by atoms with van der Waals surface area (Å²) in [5, 5.41) is 9.19. The number of thioether (sulfide) groups is 1. The van der Waals surface area contributed by atoms with E-state index in [0.29, 0.717) is 6.42 Å². The largest absolute Gasteiger partial charge is 0.316 e. The fraction of sp³-hybridized carbons (Fsp3) is 0.444. The van der Waals surface area contributed by atoms with Gasteiger partial charge in [-0.05, 0) is 18.9 Å². The fourth-order valence-electron chi connectivity index (χ4n) is 0.797. The molecule has 0 saturated carbocycles. The molecule has 0 spiro atoms. The molecular formula is C9H12N4S. The second-order valence-electron chi connectivity index (χ2n) is 2.92. The maximum Gasteiger partial charge on any atom is 0.187 e. The number of nitriles is 1. The van der Waals surface area contributed by atoms with Crippen molar-refractivity contribution in [3.63, 3.8) is 0 Å². The molecule has 0 fully saturated rings. The topological polar surface area (TPSA) is 75.6 Å². The van der Waals surface area contributed by atoms with Gasteiger partial charge in [0.05, 0.1) is 12.1 Å². The number of aromatic nitrogens is 2. The molecule has 74 valence electrons. The van der Waals surface area contributed by atoms with Gasteiger partial charge in [-0.1, -0.05) is 11.8 Å². The summed E-state index contributed by atoms with van der Waals surface area (Å²) in [5.41, 5.74) is 6.49. The highest BCUT2D eigenvalue weighted by atomic mass is 32.2. The zero-order valence-electron chi connectivity index (χ0n) is 7.97. The SMILES string of the molecule is Cc1cnc(SCCC(N)C#N)nc1. The first-order valence-electron chi connectivity index (χ1n) is 4.29. The molecule has 0 saturated heterocycles. The van der Waals surface area contributed by atoms with Crippen molar-refractivity contribution < 1.29 is 0 Å². The first-order chi connectivity index (χ1) is 6.72. The van der Waals surface area contributed by atoms with Crippen LogP contribution in [-0.2, 0) is 0 Å². The smallest absolute Gasteiger partial charge is 0.187 e. The van der Waals surface area contributed by atoms with Gasteiger partial charge in [0.1, 0.15) is 0 Å². The zero-order chi connectivity index (χ0) is 10.4. The fourth-order valence-corrected chi connectivity index (χ4v) is 1.61. The summed E-state index contributed by atoms with van der Waals surface area (Å²) >= 11 is 1.52. The number of nitrogens with zero attached hydrogens (tertiary/aromatic N) is 3. The lowest BCUT2D eigenvalue weighted by atomic mass is 10.3. The van der Waals surface area contributed by atoms with Gasteiger partial charge in [-0.2, -0.15) is 5.26 Å². The monoisotopic (exact) mass is 208 g/mol. The van der Waals surface area contributed by atoms with Crippen molar-refractivity contribution in [2.24, 2.45) is 5.73 Å². The molecule has 0 aliphatic carbocycles. The second-order valence-corrected chi connectivity index (χ2v) is 3.98. The molecule has 0 aromatic carbocycles. The molecule has 0 radical (unpaired) electrons. The van der Waals surface area contributed by atoms with Crippen LogP contribution < -0.4 is 5.73 Å². The summed E-state index contributed by atoms with van der Waals surface area (Å²) in [4.78, 5) is 8.26. The Morgan fingerprint density at radius 1 is 1.57 bits per heavy atom. The molecule has 1 rings (SSSR count). The van der Waals surface area contributed by atoms with Crippen LogP contribution in [0.5, 0.6) is 0 Å². The van der Waals surface area contributed by atoms with Crippen LogP contribution in [0.4, 0.5) is 0 Å². The first kappa shape index (κ1) is 11.0. The number of hydrogen-bond donors (Lipinski definition) is 1. The third-order valence-corrected chi connectivity index (χ3v) is 2.49. The Bertz CT molecular complexity index is 317. The lowest BCUT2D eigenvalue weighted by Crippen LogP contribution is -2.17. The van der Waals surface area contributed by atoms with Crippen LogP contribution in [0, 0.1) is 18.3 Å². The van der Waals surface area contributed by atoms with E-state index in [2.05, 4.69) is 9.97 Å². The quantitative estimate of drug-likeness (QED) is 0.592. The molecule has 14 heavy (non-hydrogen) atoms. The molecule has 1 aromatic rings. The Morgan fingerprint density at radius 2 is 2.21 bits per heavy atom. The molecule has 1 heterocycles. The molecule has 4 nitrogen and oxygen atoms in total. The third kappa shape index (κ3) is 3.73. The van der Waals surface area contributed by atoms with E-state index in [4.69, 9.17) is 11.0 Å². The molecular weight excluding hydrogens is 196 g/mol. The summed E-state index contributed by atoms with van der Waals surface area (Å²) in [5.74, 6) is 0.776.